The van der Waals surface area contributed by atoms with Crippen LogP contribution in [0.5, 0.6) is 5.75 Å². The zero-order valence-corrected chi connectivity index (χ0v) is 12.3. The average molecular weight is 310 g/mol. The molecule has 0 radical (unpaired) electrons. The molecule has 1 atom stereocenters. The number of ether oxygens (including phenoxy) is 1. The van der Waals surface area contributed by atoms with Crippen LogP contribution in [0.1, 0.15) is 18.4 Å². The van der Waals surface area contributed by atoms with Crippen LogP contribution < -0.4 is 4.74 Å². The van der Waals surface area contributed by atoms with Crippen molar-refractivity contribution in [2.75, 3.05) is 7.11 Å². The highest BCUT2D eigenvalue weighted by atomic mass is 32.3. The second-order valence-electron chi connectivity index (χ2n) is 4.52. The average Bonchev–Trinajstić information content (AvgIpc) is 2.43. The third-order valence-electron chi connectivity index (χ3n) is 3.11. The van der Waals surface area contributed by atoms with Crippen LogP contribution in [-0.4, -0.2) is 26.0 Å². The van der Waals surface area contributed by atoms with E-state index in [2.05, 4.69) is 4.18 Å². The first-order valence-electron chi connectivity index (χ1n) is 6.08. The van der Waals surface area contributed by atoms with Crippen molar-refractivity contribution in [3.8, 4) is 5.75 Å². The Morgan fingerprint density at radius 1 is 1.14 bits per heavy atom. The molecule has 7 heteroatoms. The quantitative estimate of drug-likeness (QED) is 0.871. The van der Waals surface area contributed by atoms with E-state index < -0.39 is 22.3 Å². The van der Waals surface area contributed by atoms with Crippen molar-refractivity contribution in [2.45, 2.75) is 12.8 Å². The molecule has 0 saturated carbocycles. The van der Waals surface area contributed by atoms with E-state index >= 15 is 0 Å². The van der Waals surface area contributed by atoms with Gasteiger partial charge >= 0.3 is 16.4 Å². The van der Waals surface area contributed by atoms with Gasteiger partial charge in [-0.15, -0.1) is 0 Å². The van der Waals surface area contributed by atoms with Gasteiger partial charge in [0.2, 0.25) is 0 Å². The third-order valence-corrected chi connectivity index (χ3v) is 3.49. The Morgan fingerprint density at radius 3 is 2.38 bits per heavy atom. The van der Waals surface area contributed by atoms with E-state index in [1.54, 1.807) is 31.4 Å². The van der Waals surface area contributed by atoms with Crippen LogP contribution in [0.15, 0.2) is 36.4 Å². The van der Waals surface area contributed by atoms with E-state index in [0.29, 0.717) is 11.3 Å². The fraction of sp³-hybridized carbons (Fsp3) is 0.214. The SMILES string of the molecule is COc1ccc2cc([C@H](C)C(=O)OS(=O)(=O)O)ccc2c1. The first-order chi connectivity index (χ1) is 9.80. The zero-order chi connectivity index (χ0) is 15.6. The van der Waals surface area contributed by atoms with Gasteiger partial charge in [-0.3, -0.25) is 9.35 Å². The largest absolute Gasteiger partial charge is 0.497 e. The fourth-order valence-corrected chi connectivity index (χ4v) is 2.30. The predicted octanol–water partition coefficient (Wildman–Crippen LogP) is 2.30. The van der Waals surface area contributed by atoms with Gasteiger partial charge in [-0.25, -0.2) is 0 Å². The van der Waals surface area contributed by atoms with Crippen molar-refractivity contribution in [1.82, 2.24) is 0 Å². The summed E-state index contributed by atoms with van der Waals surface area (Å²) in [4.78, 5) is 11.6. The van der Waals surface area contributed by atoms with Gasteiger partial charge in [0.25, 0.3) is 0 Å². The molecule has 0 aliphatic heterocycles. The molecule has 0 spiro atoms. The highest BCUT2D eigenvalue weighted by Crippen LogP contribution is 2.25. The van der Waals surface area contributed by atoms with Crippen LogP contribution in [-0.2, 0) is 19.4 Å². The van der Waals surface area contributed by atoms with E-state index in [4.69, 9.17) is 9.29 Å². The molecule has 0 unspecified atom stereocenters. The summed E-state index contributed by atoms with van der Waals surface area (Å²) >= 11 is 0. The molecule has 1 N–H and O–H groups in total. The summed E-state index contributed by atoms with van der Waals surface area (Å²) < 4.78 is 38.7. The topological polar surface area (TPSA) is 89.9 Å². The molecule has 21 heavy (non-hydrogen) atoms. The van der Waals surface area contributed by atoms with Crippen molar-refractivity contribution < 1.29 is 26.7 Å². The monoisotopic (exact) mass is 310 g/mol. The van der Waals surface area contributed by atoms with E-state index in [-0.39, 0.29) is 0 Å². The lowest BCUT2D eigenvalue weighted by Gasteiger charge is -2.11. The van der Waals surface area contributed by atoms with Gasteiger partial charge in [-0.1, -0.05) is 24.3 Å². The Hall–Kier alpha value is -2.12. The van der Waals surface area contributed by atoms with Gasteiger partial charge in [0.05, 0.1) is 13.0 Å². The number of hydrogen-bond donors (Lipinski definition) is 1. The molecule has 0 heterocycles. The van der Waals surface area contributed by atoms with Crippen LogP contribution in [0.3, 0.4) is 0 Å². The van der Waals surface area contributed by atoms with Crippen molar-refractivity contribution in [3.63, 3.8) is 0 Å². The Morgan fingerprint density at radius 2 is 1.76 bits per heavy atom. The minimum Gasteiger partial charge on any atom is -0.497 e. The van der Waals surface area contributed by atoms with Crippen molar-refractivity contribution in [1.29, 1.82) is 0 Å². The molecule has 2 aromatic carbocycles. The molecule has 0 aromatic heterocycles. The standard InChI is InChI=1S/C14H14O6S/c1-9(14(15)20-21(16,17)18)10-3-4-12-8-13(19-2)6-5-11(12)7-10/h3-9H,1-2H3,(H,16,17,18)/t9-/m0/s1. The van der Waals surface area contributed by atoms with Gasteiger partial charge in [-0.2, -0.15) is 8.42 Å². The molecule has 2 aromatic rings. The van der Waals surface area contributed by atoms with Crippen LogP contribution in [0.4, 0.5) is 0 Å². The molecule has 0 bridgehead atoms. The summed E-state index contributed by atoms with van der Waals surface area (Å²) in [5.74, 6) is -1.14. The lowest BCUT2D eigenvalue weighted by Crippen LogP contribution is -2.17. The molecule has 0 aliphatic carbocycles. The predicted molar refractivity (Wildman–Crippen MR) is 76.6 cm³/mol. The smallest absolute Gasteiger partial charge is 0.448 e. The van der Waals surface area contributed by atoms with Crippen LogP contribution in [0.25, 0.3) is 10.8 Å². The number of methoxy groups -OCH3 is 1. The van der Waals surface area contributed by atoms with Gasteiger partial charge in [-0.05, 0) is 35.4 Å². The molecule has 0 amide bonds. The minimum absolute atomic E-state index is 0.585. The third kappa shape index (κ3) is 3.71. The van der Waals surface area contributed by atoms with E-state index in [1.807, 2.05) is 12.1 Å². The Balaban J connectivity index is 2.32. The maximum absolute atomic E-state index is 11.6. The molecule has 6 nitrogen and oxygen atoms in total. The number of fused-ring (bicyclic) bond motifs is 1. The first kappa shape index (κ1) is 15.3. The second kappa shape index (κ2) is 5.71. The maximum atomic E-state index is 11.6. The van der Waals surface area contributed by atoms with Crippen molar-refractivity contribution in [2.24, 2.45) is 0 Å². The van der Waals surface area contributed by atoms with E-state index in [9.17, 15) is 13.2 Å². The van der Waals surface area contributed by atoms with E-state index in [1.165, 1.54) is 6.92 Å². The molecule has 0 saturated heterocycles. The highest BCUT2D eigenvalue weighted by Gasteiger charge is 2.22. The van der Waals surface area contributed by atoms with Gasteiger partial charge in [0, 0.05) is 0 Å². The Labute approximate surface area is 122 Å². The summed E-state index contributed by atoms with van der Waals surface area (Å²) in [6.07, 6.45) is 0. The van der Waals surface area contributed by atoms with Gasteiger partial charge in [0.15, 0.2) is 0 Å². The Kier molecular flexibility index (Phi) is 4.15. The summed E-state index contributed by atoms with van der Waals surface area (Å²) in [5.41, 5.74) is 0.585. The molecule has 2 rings (SSSR count). The molecular weight excluding hydrogens is 296 g/mol. The molecular formula is C14H14O6S. The minimum atomic E-state index is -4.79. The number of hydrogen-bond acceptors (Lipinski definition) is 5. The summed E-state index contributed by atoms with van der Waals surface area (Å²) in [6.45, 7) is 1.50. The second-order valence-corrected chi connectivity index (χ2v) is 5.55. The van der Waals surface area contributed by atoms with Crippen molar-refractivity contribution in [3.05, 3.63) is 42.0 Å². The van der Waals surface area contributed by atoms with Crippen molar-refractivity contribution >= 4 is 27.1 Å². The highest BCUT2D eigenvalue weighted by molar-refractivity contribution is 7.81. The molecule has 0 aliphatic rings. The number of benzene rings is 2. The lowest BCUT2D eigenvalue weighted by molar-refractivity contribution is -0.135. The van der Waals surface area contributed by atoms with Crippen LogP contribution in [0.2, 0.25) is 0 Å². The summed E-state index contributed by atoms with van der Waals surface area (Å²) in [5, 5.41) is 1.80. The number of rotatable bonds is 4. The Bertz CT molecular complexity index is 781. The first-order valence-corrected chi connectivity index (χ1v) is 7.45. The summed E-state index contributed by atoms with van der Waals surface area (Å²) in [6, 6.07) is 10.7. The molecule has 0 fully saturated rings. The zero-order valence-electron chi connectivity index (χ0n) is 11.4. The lowest BCUT2D eigenvalue weighted by atomic mass is 9.98. The number of carbonyl (C=O) groups is 1. The van der Waals surface area contributed by atoms with E-state index in [0.717, 1.165) is 10.8 Å². The van der Waals surface area contributed by atoms with Gasteiger partial charge < -0.3 is 8.92 Å². The van der Waals surface area contributed by atoms with Crippen LogP contribution >= 0.6 is 0 Å². The molecule has 112 valence electrons. The summed E-state index contributed by atoms with van der Waals surface area (Å²) in [7, 11) is -3.22. The fourth-order valence-electron chi connectivity index (χ4n) is 1.95. The van der Waals surface area contributed by atoms with Crippen LogP contribution in [0, 0.1) is 0 Å². The van der Waals surface area contributed by atoms with Gasteiger partial charge in [0.1, 0.15) is 5.75 Å². The normalized spacial score (nSPS) is 12.9. The maximum Gasteiger partial charge on any atom is 0.448 e. The number of carbonyl (C=O) groups excluding carboxylic acids is 1.